The topological polar surface area (TPSA) is 66.4 Å². The van der Waals surface area contributed by atoms with E-state index in [4.69, 9.17) is 0 Å². The second-order valence-corrected chi connectivity index (χ2v) is 9.12. The fourth-order valence-corrected chi connectivity index (χ4v) is 5.65. The Hall–Kier alpha value is -0.250. The molecule has 1 heterocycles. The molecular weight excluding hydrogens is 430 g/mol. The van der Waals surface area contributed by atoms with Crippen LogP contribution in [0.4, 0.5) is 0 Å². The molecule has 0 radical (unpaired) electrons. The van der Waals surface area contributed by atoms with Gasteiger partial charge in [0.25, 0.3) is 10.0 Å². The number of benzene rings is 1. The molecule has 0 aliphatic heterocycles. The van der Waals surface area contributed by atoms with Crippen molar-refractivity contribution in [2.75, 3.05) is 6.61 Å². The van der Waals surface area contributed by atoms with Crippen LogP contribution in [0.5, 0.6) is 0 Å². The summed E-state index contributed by atoms with van der Waals surface area (Å²) in [5, 5.41) is 9.41. The lowest BCUT2D eigenvalue weighted by Crippen LogP contribution is -2.30. The monoisotopic (exact) mass is 439 g/mol. The normalized spacial score (nSPS) is 13.3. The average Bonchev–Trinajstić information content (AvgIpc) is 2.78. The van der Waals surface area contributed by atoms with Crippen LogP contribution >= 0.6 is 43.2 Å². The van der Waals surface area contributed by atoms with Gasteiger partial charge in [-0.3, -0.25) is 0 Å². The van der Waals surface area contributed by atoms with E-state index in [1.807, 2.05) is 6.07 Å². The predicted octanol–water partition coefficient (Wildman–Crippen LogP) is 3.29. The number of hydrogen-bond acceptors (Lipinski definition) is 4. The average molecular weight is 441 g/mol. The van der Waals surface area contributed by atoms with Gasteiger partial charge < -0.3 is 5.11 Å². The molecule has 1 atom stereocenters. The molecule has 2 aromatic rings. The molecule has 0 bridgehead atoms. The summed E-state index contributed by atoms with van der Waals surface area (Å²) in [6, 6.07) is 9.82. The van der Waals surface area contributed by atoms with E-state index in [1.165, 1.54) is 6.07 Å². The van der Waals surface area contributed by atoms with Crippen LogP contribution in [0.2, 0.25) is 0 Å². The third-order valence-corrected chi connectivity index (χ3v) is 7.77. The standard InChI is InChI=1S/C12H11Br2NO3S2/c13-9-6-11(19-12(9)14)20(17,18)15-10(7-16)8-4-2-1-3-5-8/h1-6,10,15-16H,7H2. The maximum Gasteiger partial charge on any atom is 0.250 e. The lowest BCUT2D eigenvalue weighted by molar-refractivity contribution is 0.259. The Balaban J connectivity index is 2.27. The fraction of sp³-hybridized carbons (Fsp3) is 0.167. The summed E-state index contributed by atoms with van der Waals surface area (Å²) in [6.07, 6.45) is 0. The van der Waals surface area contributed by atoms with Gasteiger partial charge in [0.05, 0.1) is 16.4 Å². The van der Waals surface area contributed by atoms with Crippen molar-refractivity contribution in [3.63, 3.8) is 0 Å². The van der Waals surface area contributed by atoms with Crippen molar-refractivity contribution >= 4 is 53.2 Å². The number of sulfonamides is 1. The molecule has 0 fully saturated rings. The first kappa shape index (κ1) is 16.1. The van der Waals surface area contributed by atoms with Crippen LogP contribution < -0.4 is 4.72 Å². The maximum absolute atomic E-state index is 12.3. The van der Waals surface area contributed by atoms with Gasteiger partial charge in [-0.1, -0.05) is 30.3 Å². The van der Waals surface area contributed by atoms with Gasteiger partial charge in [-0.15, -0.1) is 11.3 Å². The van der Waals surface area contributed by atoms with Gasteiger partial charge in [0, 0.05) is 4.47 Å². The van der Waals surface area contributed by atoms with E-state index < -0.39 is 16.1 Å². The van der Waals surface area contributed by atoms with Gasteiger partial charge in [0.15, 0.2) is 0 Å². The Morgan fingerprint density at radius 1 is 1.25 bits per heavy atom. The van der Waals surface area contributed by atoms with Crippen molar-refractivity contribution in [1.82, 2.24) is 4.72 Å². The summed E-state index contributed by atoms with van der Waals surface area (Å²) in [5.41, 5.74) is 0.716. The Morgan fingerprint density at radius 2 is 1.90 bits per heavy atom. The van der Waals surface area contributed by atoms with Crippen molar-refractivity contribution in [2.24, 2.45) is 0 Å². The minimum atomic E-state index is -3.67. The van der Waals surface area contributed by atoms with Crippen molar-refractivity contribution in [2.45, 2.75) is 10.3 Å². The van der Waals surface area contributed by atoms with Gasteiger partial charge >= 0.3 is 0 Å². The molecule has 0 amide bonds. The third kappa shape index (κ3) is 3.69. The summed E-state index contributed by atoms with van der Waals surface area (Å²) >= 11 is 7.63. The van der Waals surface area contributed by atoms with E-state index in [2.05, 4.69) is 36.6 Å². The van der Waals surface area contributed by atoms with E-state index in [-0.39, 0.29) is 10.8 Å². The van der Waals surface area contributed by atoms with Crippen molar-refractivity contribution in [3.05, 3.63) is 50.2 Å². The molecule has 1 aromatic heterocycles. The number of hydrogen-bond donors (Lipinski definition) is 2. The molecule has 0 aliphatic rings. The fourth-order valence-electron chi connectivity index (χ4n) is 1.60. The minimum Gasteiger partial charge on any atom is -0.394 e. The zero-order valence-corrected chi connectivity index (χ0v) is 14.9. The molecule has 2 rings (SSSR count). The zero-order valence-electron chi connectivity index (χ0n) is 10.1. The molecule has 4 nitrogen and oxygen atoms in total. The first-order valence-electron chi connectivity index (χ1n) is 5.57. The van der Waals surface area contributed by atoms with E-state index in [9.17, 15) is 13.5 Å². The third-order valence-electron chi connectivity index (χ3n) is 2.57. The largest absolute Gasteiger partial charge is 0.394 e. The summed E-state index contributed by atoms with van der Waals surface area (Å²) in [5.74, 6) is 0. The zero-order chi connectivity index (χ0) is 14.8. The maximum atomic E-state index is 12.3. The van der Waals surface area contributed by atoms with Gasteiger partial charge in [-0.2, -0.15) is 0 Å². The second kappa shape index (κ2) is 6.67. The Kier molecular flexibility index (Phi) is 5.38. The predicted molar refractivity (Wildman–Crippen MR) is 86.3 cm³/mol. The number of aliphatic hydroxyl groups excluding tert-OH is 1. The van der Waals surface area contributed by atoms with Crippen LogP contribution in [0, 0.1) is 0 Å². The molecule has 1 unspecified atom stereocenters. The van der Waals surface area contributed by atoms with Crippen LogP contribution in [-0.4, -0.2) is 20.1 Å². The first-order chi connectivity index (χ1) is 9.44. The number of nitrogens with one attached hydrogen (secondary N) is 1. The van der Waals surface area contributed by atoms with Crippen LogP contribution in [-0.2, 0) is 10.0 Å². The van der Waals surface area contributed by atoms with Crippen LogP contribution in [0.3, 0.4) is 0 Å². The number of thiophene rings is 1. The van der Waals surface area contributed by atoms with Crippen LogP contribution in [0.25, 0.3) is 0 Å². The molecule has 0 saturated carbocycles. The summed E-state index contributed by atoms with van der Waals surface area (Å²) < 4.78 is 28.7. The SMILES string of the molecule is O=S(=O)(NC(CO)c1ccccc1)c1cc(Br)c(Br)s1. The quantitative estimate of drug-likeness (QED) is 0.749. The van der Waals surface area contributed by atoms with E-state index in [1.54, 1.807) is 24.3 Å². The molecule has 108 valence electrons. The Labute approximate surface area is 138 Å². The summed E-state index contributed by atoms with van der Waals surface area (Å²) in [7, 11) is -3.67. The molecule has 0 saturated heterocycles. The van der Waals surface area contributed by atoms with Gasteiger partial charge in [-0.05, 0) is 43.5 Å². The van der Waals surface area contributed by atoms with Gasteiger partial charge in [0.2, 0.25) is 0 Å². The molecule has 8 heteroatoms. The van der Waals surface area contributed by atoms with Gasteiger partial charge in [0.1, 0.15) is 4.21 Å². The highest BCUT2D eigenvalue weighted by molar-refractivity contribution is 9.13. The van der Waals surface area contributed by atoms with E-state index in [0.29, 0.717) is 13.8 Å². The van der Waals surface area contributed by atoms with Crippen molar-refractivity contribution in [3.8, 4) is 0 Å². The number of rotatable bonds is 5. The second-order valence-electron chi connectivity index (χ2n) is 3.95. The summed E-state index contributed by atoms with van der Waals surface area (Å²) in [4.78, 5) is 0. The molecule has 0 spiro atoms. The highest BCUT2D eigenvalue weighted by Crippen LogP contribution is 2.35. The smallest absolute Gasteiger partial charge is 0.250 e. The minimum absolute atomic E-state index is 0.186. The lowest BCUT2D eigenvalue weighted by Gasteiger charge is -2.16. The molecule has 1 aromatic carbocycles. The van der Waals surface area contributed by atoms with E-state index in [0.717, 1.165) is 11.3 Å². The Bertz CT molecular complexity index is 666. The number of aliphatic hydroxyl groups is 1. The lowest BCUT2D eigenvalue weighted by atomic mass is 10.1. The molecular formula is C12H11Br2NO3S2. The number of halogens is 2. The first-order valence-corrected chi connectivity index (χ1v) is 9.45. The summed E-state index contributed by atoms with van der Waals surface area (Å²) in [6.45, 7) is -0.309. The van der Waals surface area contributed by atoms with Crippen LogP contribution in [0.1, 0.15) is 11.6 Å². The van der Waals surface area contributed by atoms with Gasteiger partial charge in [-0.25, -0.2) is 13.1 Å². The molecule has 0 aliphatic carbocycles. The Morgan fingerprint density at radius 3 is 2.40 bits per heavy atom. The van der Waals surface area contributed by atoms with Crippen molar-refractivity contribution in [1.29, 1.82) is 0 Å². The van der Waals surface area contributed by atoms with Crippen LogP contribution in [0.15, 0.2) is 48.9 Å². The molecule has 2 N–H and O–H groups in total. The highest BCUT2D eigenvalue weighted by Gasteiger charge is 2.23. The molecule has 20 heavy (non-hydrogen) atoms. The highest BCUT2D eigenvalue weighted by atomic mass is 79.9. The van der Waals surface area contributed by atoms with Crippen molar-refractivity contribution < 1.29 is 13.5 Å². The van der Waals surface area contributed by atoms with E-state index >= 15 is 0 Å².